The van der Waals surface area contributed by atoms with Gasteiger partial charge >= 0.3 is 5.97 Å². The first-order valence-corrected chi connectivity index (χ1v) is 8.86. The summed E-state index contributed by atoms with van der Waals surface area (Å²) in [5, 5.41) is 21.4. The van der Waals surface area contributed by atoms with Gasteiger partial charge in [-0.2, -0.15) is 0 Å². The molecule has 0 aliphatic heterocycles. The Morgan fingerprint density at radius 3 is 2.48 bits per heavy atom. The number of ether oxygens (including phenoxy) is 1. The number of hydrogen-bond donors (Lipinski definition) is 3. The molecular formula is C19H19Cl2NO5. The smallest absolute Gasteiger partial charge is 0.312 e. The number of carbonyl (C=O) groups excluding carboxylic acids is 1. The number of aliphatic carboxylic acids is 1. The van der Waals surface area contributed by atoms with E-state index in [-0.39, 0.29) is 27.5 Å². The van der Waals surface area contributed by atoms with Crippen LogP contribution < -0.4 is 10.1 Å². The van der Waals surface area contributed by atoms with E-state index in [2.05, 4.69) is 5.32 Å². The van der Waals surface area contributed by atoms with Crippen molar-refractivity contribution in [1.82, 2.24) is 0 Å². The van der Waals surface area contributed by atoms with E-state index in [4.69, 9.17) is 33.0 Å². The van der Waals surface area contributed by atoms with Crippen LogP contribution in [-0.4, -0.2) is 22.1 Å². The molecule has 8 heteroatoms. The number of aromatic hydroxyl groups is 1. The quantitative estimate of drug-likeness (QED) is 0.557. The molecule has 3 N–H and O–H groups in total. The highest BCUT2D eigenvalue weighted by Crippen LogP contribution is 2.42. The molecular weight excluding hydrogens is 393 g/mol. The number of benzene rings is 2. The third-order valence-corrected chi connectivity index (χ3v) is 4.58. The summed E-state index contributed by atoms with van der Waals surface area (Å²) in [5.74, 6) is -1.02. The van der Waals surface area contributed by atoms with Crippen molar-refractivity contribution in [2.24, 2.45) is 0 Å². The van der Waals surface area contributed by atoms with E-state index >= 15 is 0 Å². The average Bonchev–Trinajstić information content (AvgIpc) is 2.56. The number of nitrogens with one attached hydrogen (secondary N) is 1. The fraction of sp³-hybridized carbons (Fsp3) is 0.263. The van der Waals surface area contributed by atoms with Crippen molar-refractivity contribution in [3.05, 3.63) is 45.4 Å². The third-order valence-electron chi connectivity index (χ3n) is 3.85. The van der Waals surface area contributed by atoms with E-state index in [0.717, 1.165) is 0 Å². The van der Waals surface area contributed by atoms with Crippen molar-refractivity contribution < 1.29 is 24.5 Å². The first kappa shape index (κ1) is 20.9. The Hall–Kier alpha value is -2.44. The van der Waals surface area contributed by atoms with Gasteiger partial charge in [-0.05, 0) is 42.7 Å². The van der Waals surface area contributed by atoms with E-state index in [1.54, 1.807) is 19.1 Å². The first-order valence-electron chi connectivity index (χ1n) is 8.11. The second-order valence-electron chi connectivity index (χ2n) is 6.27. The van der Waals surface area contributed by atoms with Crippen LogP contribution in [-0.2, 0) is 9.59 Å². The Morgan fingerprint density at radius 2 is 1.89 bits per heavy atom. The number of halogens is 2. The molecule has 0 unspecified atom stereocenters. The molecule has 0 spiro atoms. The van der Waals surface area contributed by atoms with Gasteiger partial charge < -0.3 is 20.3 Å². The van der Waals surface area contributed by atoms with Gasteiger partial charge in [0.05, 0.1) is 10.0 Å². The van der Waals surface area contributed by atoms with Crippen molar-refractivity contribution >= 4 is 40.8 Å². The van der Waals surface area contributed by atoms with Crippen LogP contribution in [0.3, 0.4) is 0 Å². The van der Waals surface area contributed by atoms with E-state index < -0.39 is 18.3 Å². The van der Waals surface area contributed by atoms with Crippen molar-refractivity contribution in [3.63, 3.8) is 0 Å². The van der Waals surface area contributed by atoms with Crippen molar-refractivity contribution in [3.8, 4) is 17.2 Å². The van der Waals surface area contributed by atoms with Crippen LogP contribution in [0.5, 0.6) is 17.2 Å². The van der Waals surface area contributed by atoms with E-state index in [0.29, 0.717) is 22.6 Å². The highest BCUT2D eigenvalue weighted by Gasteiger charge is 2.18. The topological polar surface area (TPSA) is 95.9 Å². The van der Waals surface area contributed by atoms with Crippen molar-refractivity contribution in [2.45, 2.75) is 33.1 Å². The number of phenolic OH excluding ortho intramolecular Hbond substituents is 1. The molecule has 0 aliphatic carbocycles. The standard InChI is InChI=1S/C19H19Cl2NO5/c1-9(2)12-6-11(4-5-15(12)23)27-19-13(20)7-14(10(3)18(19)21)22-16(24)8-17(25)26/h4-7,9,23H,8H2,1-3H3,(H,22,24)(H,25,26). The summed E-state index contributed by atoms with van der Waals surface area (Å²) in [5.41, 5.74) is 1.50. The molecule has 2 aromatic rings. The van der Waals surface area contributed by atoms with Gasteiger partial charge in [0.25, 0.3) is 0 Å². The Balaban J connectivity index is 2.34. The Kier molecular flexibility index (Phi) is 6.57. The summed E-state index contributed by atoms with van der Waals surface area (Å²) in [6.07, 6.45) is -0.668. The van der Waals surface area contributed by atoms with Gasteiger partial charge in [0.2, 0.25) is 5.91 Å². The molecule has 2 aromatic carbocycles. The lowest BCUT2D eigenvalue weighted by molar-refractivity contribution is -0.139. The average molecular weight is 412 g/mol. The fourth-order valence-electron chi connectivity index (χ4n) is 2.43. The van der Waals surface area contributed by atoms with Gasteiger partial charge in [0, 0.05) is 11.3 Å². The minimum atomic E-state index is -1.24. The number of anilines is 1. The Labute approximate surface area is 166 Å². The monoisotopic (exact) mass is 411 g/mol. The van der Waals surface area contributed by atoms with Crippen LogP contribution in [0.15, 0.2) is 24.3 Å². The maximum Gasteiger partial charge on any atom is 0.312 e. The van der Waals surface area contributed by atoms with Crippen LogP contribution in [0.4, 0.5) is 5.69 Å². The van der Waals surface area contributed by atoms with E-state index in [1.807, 2.05) is 13.8 Å². The number of rotatable bonds is 6. The van der Waals surface area contributed by atoms with Gasteiger partial charge in [-0.15, -0.1) is 0 Å². The van der Waals surface area contributed by atoms with Gasteiger partial charge in [0.1, 0.15) is 17.9 Å². The lowest BCUT2D eigenvalue weighted by Crippen LogP contribution is -2.16. The molecule has 0 aliphatic rings. The molecule has 0 fully saturated rings. The first-order chi connectivity index (χ1) is 12.6. The maximum atomic E-state index is 11.7. The lowest BCUT2D eigenvalue weighted by atomic mass is 10.0. The molecule has 0 aromatic heterocycles. The predicted octanol–water partition coefficient (Wildman–Crippen LogP) is 5.34. The van der Waals surface area contributed by atoms with Crippen molar-refractivity contribution in [2.75, 3.05) is 5.32 Å². The molecule has 0 atom stereocenters. The Morgan fingerprint density at radius 1 is 1.22 bits per heavy atom. The number of carbonyl (C=O) groups is 2. The summed E-state index contributed by atoms with van der Waals surface area (Å²) < 4.78 is 5.81. The van der Waals surface area contributed by atoms with Crippen LogP contribution in [0.25, 0.3) is 0 Å². The number of amides is 1. The molecule has 0 saturated carbocycles. The SMILES string of the molecule is Cc1c(NC(=O)CC(=O)O)cc(Cl)c(Oc2ccc(O)c(C(C)C)c2)c1Cl. The molecule has 2 rings (SSSR count). The van der Waals surface area contributed by atoms with Crippen LogP contribution in [0, 0.1) is 6.92 Å². The van der Waals surface area contributed by atoms with Crippen molar-refractivity contribution in [1.29, 1.82) is 0 Å². The maximum absolute atomic E-state index is 11.7. The minimum Gasteiger partial charge on any atom is -0.508 e. The Bertz CT molecular complexity index is 896. The van der Waals surface area contributed by atoms with Crippen LogP contribution in [0.1, 0.15) is 37.3 Å². The fourth-order valence-corrected chi connectivity index (χ4v) is 2.96. The second-order valence-corrected chi connectivity index (χ2v) is 7.06. The van der Waals surface area contributed by atoms with Gasteiger partial charge in [0.15, 0.2) is 5.75 Å². The summed E-state index contributed by atoms with van der Waals surface area (Å²) in [6.45, 7) is 5.54. The van der Waals surface area contributed by atoms with E-state index in [9.17, 15) is 14.7 Å². The zero-order chi connectivity index (χ0) is 20.3. The zero-order valence-electron chi connectivity index (χ0n) is 15.0. The van der Waals surface area contributed by atoms with Gasteiger partial charge in [-0.3, -0.25) is 9.59 Å². The molecule has 144 valence electrons. The summed E-state index contributed by atoms with van der Waals surface area (Å²) in [7, 11) is 0. The molecule has 0 radical (unpaired) electrons. The zero-order valence-corrected chi connectivity index (χ0v) is 16.5. The number of carboxylic acids is 1. The normalized spacial score (nSPS) is 10.7. The lowest BCUT2D eigenvalue weighted by Gasteiger charge is -2.16. The molecule has 0 heterocycles. The number of phenols is 1. The molecule has 0 saturated heterocycles. The minimum absolute atomic E-state index is 0.0908. The largest absolute Gasteiger partial charge is 0.508 e. The predicted molar refractivity (Wildman–Crippen MR) is 104 cm³/mol. The summed E-state index contributed by atoms with van der Waals surface area (Å²) in [4.78, 5) is 22.3. The summed E-state index contributed by atoms with van der Waals surface area (Å²) >= 11 is 12.6. The third kappa shape index (κ3) is 5.05. The number of carboxylic acid groups (broad SMARTS) is 1. The van der Waals surface area contributed by atoms with Crippen LogP contribution in [0.2, 0.25) is 10.0 Å². The summed E-state index contributed by atoms with van der Waals surface area (Å²) in [6, 6.07) is 6.26. The van der Waals surface area contributed by atoms with Crippen LogP contribution >= 0.6 is 23.2 Å². The highest BCUT2D eigenvalue weighted by atomic mass is 35.5. The van der Waals surface area contributed by atoms with Gasteiger partial charge in [-0.1, -0.05) is 37.0 Å². The molecule has 0 bridgehead atoms. The van der Waals surface area contributed by atoms with E-state index in [1.165, 1.54) is 12.1 Å². The van der Waals surface area contributed by atoms with Gasteiger partial charge in [-0.25, -0.2) is 0 Å². The molecule has 1 amide bonds. The molecule has 27 heavy (non-hydrogen) atoms. The molecule has 6 nitrogen and oxygen atoms in total. The second kappa shape index (κ2) is 8.50. The number of hydrogen-bond acceptors (Lipinski definition) is 4. The highest BCUT2D eigenvalue weighted by molar-refractivity contribution is 6.38.